The number of aromatic nitrogens is 1. The second-order valence-corrected chi connectivity index (χ2v) is 5.11. The van der Waals surface area contributed by atoms with Crippen LogP contribution in [0.15, 0.2) is 6.08 Å². The molecular weight excluding hydrogens is 236 g/mol. The van der Waals surface area contributed by atoms with Gasteiger partial charge < -0.3 is 10.0 Å². The van der Waals surface area contributed by atoms with Crippen molar-refractivity contribution in [2.75, 3.05) is 20.6 Å². The van der Waals surface area contributed by atoms with Crippen LogP contribution in [0.25, 0.3) is 6.08 Å². The molecule has 1 rings (SSSR count). The van der Waals surface area contributed by atoms with Crippen LogP contribution in [0.4, 0.5) is 0 Å². The number of nitrogens with zero attached hydrogens (tertiary/aromatic N) is 2. The van der Waals surface area contributed by atoms with Gasteiger partial charge in [0.25, 0.3) is 0 Å². The Balaban J connectivity index is 2.79. The van der Waals surface area contributed by atoms with Gasteiger partial charge >= 0.3 is 5.97 Å². The Kier molecular flexibility index (Phi) is 5.31. The van der Waals surface area contributed by atoms with Crippen molar-refractivity contribution in [3.05, 3.63) is 21.7 Å². The maximum Gasteiger partial charge on any atom is 0.328 e. The fourth-order valence-corrected chi connectivity index (χ4v) is 2.42. The standard InChI is InChI=1S/C12H18N2O2S/c1-4-9-10(5-6-12(15)16)17-11(13-9)7-8-14(2)3/h5-6H,4,7-8H2,1-3H3,(H,15,16)/b6-5+. The summed E-state index contributed by atoms with van der Waals surface area (Å²) in [7, 11) is 4.05. The zero-order valence-corrected chi connectivity index (χ0v) is 11.3. The van der Waals surface area contributed by atoms with Gasteiger partial charge in [-0.05, 0) is 26.6 Å². The molecule has 0 aliphatic heterocycles. The Hall–Kier alpha value is -1.20. The third-order valence-electron chi connectivity index (χ3n) is 2.26. The minimum atomic E-state index is -0.921. The molecule has 4 nitrogen and oxygen atoms in total. The number of aliphatic carboxylic acids is 1. The number of hydrogen-bond acceptors (Lipinski definition) is 4. The second kappa shape index (κ2) is 6.51. The average Bonchev–Trinajstić information content (AvgIpc) is 2.66. The molecule has 94 valence electrons. The van der Waals surface area contributed by atoms with Crippen LogP contribution in [-0.2, 0) is 17.6 Å². The SMILES string of the molecule is CCc1nc(CCN(C)C)sc1/C=C/C(=O)O. The molecule has 1 heterocycles. The molecule has 1 N–H and O–H groups in total. The van der Waals surface area contributed by atoms with Crippen molar-refractivity contribution >= 4 is 23.4 Å². The van der Waals surface area contributed by atoms with Crippen molar-refractivity contribution in [3.8, 4) is 0 Å². The first-order valence-corrected chi connectivity index (χ1v) is 6.39. The van der Waals surface area contributed by atoms with Crippen LogP contribution in [0.1, 0.15) is 22.5 Å². The predicted molar refractivity (Wildman–Crippen MR) is 70.4 cm³/mol. The molecule has 0 unspecified atom stereocenters. The summed E-state index contributed by atoms with van der Waals surface area (Å²) in [5.41, 5.74) is 0.987. The predicted octanol–water partition coefficient (Wildman–Crippen LogP) is 1.91. The Labute approximate surface area is 106 Å². The number of hydrogen-bond donors (Lipinski definition) is 1. The zero-order chi connectivity index (χ0) is 12.8. The normalized spacial score (nSPS) is 11.5. The van der Waals surface area contributed by atoms with Crippen LogP contribution < -0.4 is 0 Å². The van der Waals surface area contributed by atoms with Crippen molar-refractivity contribution in [2.45, 2.75) is 19.8 Å². The number of rotatable bonds is 6. The number of thiazole rings is 1. The molecule has 0 aromatic carbocycles. The highest BCUT2D eigenvalue weighted by Crippen LogP contribution is 2.21. The molecule has 1 aromatic heterocycles. The summed E-state index contributed by atoms with van der Waals surface area (Å²) in [6.45, 7) is 2.99. The van der Waals surface area contributed by atoms with Gasteiger partial charge in [0.15, 0.2) is 0 Å². The number of likely N-dealkylation sites (N-methyl/N-ethyl adjacent to an activating group) is 1. The van der Waals surface area contributed by atoms with Gasteiger partial charge in [0.1, 0.15) is 0 Å². The summed E-state index contributed by atoms with van der Waals surface area (Å²) in [5.74, 6) is -0.921. The third-order valence-corrected chi connectivity index (χ3v) is 3.38. The van der Waals surface area contributed by atoms with E-state index in [0.717, 1.165) is 35.0 Å². The van der Waals surface area contributed by atoms with Gasteiger partial charge in [-0.15, -0.1) is 11.3 Å². The van der Waals surface area contributed by atoms with Gasteiger partial charge in [-0.25, -0.2) is 9.78 Å². The minimum absolute atomic E-state index is 0.831. The summed E-state index contributed by atoms with van der Waals surface area (Å²) in [4.78, 5) is 18.1. The molecular formula is C12H18N2O2S. The molecule has 0 aliphatic carbocycles. The first-order valence-electron chi connectivity index (χ1n) is 5.57. The van der Waals surface area contributed by atoms with Gasteiger partial charge in [-0.2, -0.15) is 0 Å². The van der Waals surface area contributed by atoms with Gasteiger partial charge in [-0.3, -0.25) is 0 Å². The first kappa shape index (κ1) is 13.9. The molecule has 17 heavy (non-hydrogen) atoms. The van der Waals surface area contributed by atoms with E-state index in [2.05, 4.69) is 9.88 Å². The van der Waals surface area contributed by atoms with Crippen molar-refractivity contribution < 1.29 is 9.90 Å². The van der Waals surface area contributed by atoms with Crippen LogP contribution in [0.5, 0.6) is 0 Å². The molecule has 0 saturated heterocycles. The van der Waals surface area contributed by atoms with Crippen LogP contribution >= 0.6 is 11.3 Å². The highest BCUT2D eigenvalue weighted by atomic mass is 32.1. The smallest absolute Gasteiger partial charge is 0.328 e. The molecule has 0 fully saturated rings. The lowest BCUT2D eigenvalue weighted by Crippen LogP contribution is -2.14. The highest BCUT2D eigenvalue weighted by Gasteiger charge is 2.07. The fourth-order valence-electron chi connectivity index (χ4n) is 1.37. The Morgan fingerprint density at radius 2 is 2.24 bits per heavy atom. The number of carbonyl (C=O) groups is 1. The summed E-state index contributed by atoms with van der Waals surface area (Å²) < 4.78 is 0. The molecule has 0 spiro atoms. The molecule has 0 atom stereocenters. The molecule has 0 saturated carbocycles. The maximum absolute atomic E-state index is 10.5. The second-order valence-electron chi connectivity index (χ2n) is 4.00. The van der Waals surface area contributed by atoms with Crippen molar-refractivity contribution in [1.82, 2.24) is 9.88 Å². The van der Waals surface area contributed by atoms with E-state index in [1.165, 1.54) is 6.08 Å². The van der Waals surface area contributed by atoms with E-state index in [4.69, 9.17) is 5.11 Å². The quantitative estimate of drug-likeness (QED) is 0.788. The number of carboxylic acids is 1. The van der Waals surface area contributed by atoms with Crippen LogP contribution in [0.2, 0.25) is 0 Å². The molecule has 5 heteroatoms. The highest BCUT2D eigenvalue weighted by molar-refractivity contribution is 7.12. The average molecular weight is 254 g/mol. The van der Waals surface area contributed by atoms with Crippen LogP contribution in [-0.4, -0.2) is 41.6 Å². The summed E-state index contributed by atoms with van der Waals surface area (Å²) in [6, 6.07) is 0. The Bertz CT molecular complexity index is 411. The lowest BCUT2D eigenvalue weighted by Gasteiger charge is -2.06. The third kappa shape index (κ3) is 4.66. The van der Waals surface area contributed by atoms with Crippen LogP contribution in [0.3, 0.4) is 0 Å². The largest absolute Gasteiger partial charge is 0.478 e. The molecule has 1 aromatic rings. The zero-order valence-electron chi connectivity index (χ0n) is 10.4. The van der Waals surface area contributed by atoms with Gasteiger partial charge in [0.2, 0.25) is 0 Å². The van der Waals surface area contributed by atoms with Gasteiger partial charge in [0, 0.05) is 19.0 Å². The Morgan fingerprint density at radius 3 is 2.76 bits per heavy atom. The lowest BCUT2D eigenvalue weighted by molar-refractivity contribution is -0.131. The van der Waals surface area contributed by atoms with E-state index >= 15 is 0 Å². The van der Waals surface area contributed by atoms with E-state index in [-0.39, 0.29) is 0 Å². The first-order chi connectivity index (χ1) is 8.02. The van der Waals surface area contributed by atoms with Crippen molar-refractivity contribution in [2.24, 2.45) is 0 Å². The van der Waals surface area contributed by atoms with E-state index < -0.39 is 5.97 Å². The topological polar surface area (TPSA) is 53.4 Å². The maximum atomic E-state index is 10.5. The fraction of sp³-hybridized carbons (Fsp3) is 0.500. The van der Waals surface area contributed by atoms with Crippen molar-refractivity contribution in [1.29, 1.82) is 0 Å². The van der Waals surface area contributed by atoms with E-state index in [0.29, 0.717) is 0 Å². The van der Waals surface area contributed by atoms with Crippen LogP contribution in [0, 0.1) is 0 Å². The monoisotopic (exact) mass is 254 g/mol. The number of aryl methyl sites for hydroxylation is 1. The summed E-state index contributed by atoms with van der Waals surface area (Å²) >= 11 is 1.58. The molecule has 0 aliphatic rings. The lowest BCUT2D eigenvalue weighted by atomic mass is 10.3. The van der Waals surface area contributed by atoms with Crippen molar-refractivity contribution in [3.63, 3.8) is 0 Å². The summed E-state index contributed by atoms with van der Waals surface area (Å²) in [5, 5.41) is 9.68. The van der Waals surface area contributed by atoms with E-state index in [1.54, 1.807) is 17.4 Å². The molecule has 0 amide bonds. The van der Waals surface area contributed by atoms with Gasteiger partial charge in [-0.1, -0.05) is 6.92 Å². The van der Waals surface area contributed by atoms with E-state index in [1.807, 2.05) is 21.0 Å². The summed E-state index contributed by atoms with van der Waals surface area (Å²) in [6.07, 6.45) is 4.55. The van der Waals surface area contributed by atoms with E-state index in [9.17, 15) is 4.79 Å². The molecule has 0 bridgehead atoms. The molecule has 0 radical (unpaired) electrons. The minimum Gasteiger partial charge on any atom is -0.478 e. The van der Waals surface area contributed by atoms with Gasteiger partial charge in [0.05, 0.1) is 15.6 Å². The number of carboxylic acid groups (broad SMARTS) is 1. The Morgan fingerprint density at radius 1 is 1.53 bits per heavy atom.